The Labute approximate surface area is 94.9 Å². The molecule has 5 heteroatoms. The number of fused-ring (bicyclic) bond motifs is 1. The van der Waals surface area contributed by atoms with Crippen LogP contribution in [0.4, 0.5) is 8.78 Å². The number of alkyl halides is 2. The van der Waals surface area contributed by atoms with Gasteiger partial charge in [0.05, 0.1) is 12.6 Å². The molecule has 92 valence electrons. The van der Waals surface area contributed by atoms with Gasteiger partial charge in [0.2, 0.25) is 6.43 Å². The van der Waals surface area contributed by atoms with Gasteiger partial charge in [-0.2, -0.15) is 0 Å². The average Bonchev–Trinajstić information content (AvgIpc) is 2.60. The number of aliphatic imine (C=N–C) groups is 1. The summed E-state index contributed by atoms with van der Waals surface area (Å²) in [5, 5.41) is 3.03. The third kappa shape index (κ3) is 2.62. The van der Waals surface area contributed by atoms with Crippen LogP contribution in [0.5, 0.6) is 0 Å². The first-order valence-corrected chi connectivity index (χ1v) is 6.00. The van der Waals surface area contributed by atoms with E-state index in [0.717, 1.165) is 19.0 Å². The van der Waals surface area contributed by atoms with Crippen molar-refractivity contribution in [2.75, 3.05) is 19.6 Å². The zero-order valence-electron chi connectivity index (χ0n) is 9.63. The fourth-order valence-corrected chi connectivity index (χ4v) is 2.39. The third-order valence-electron chi connectivity index (χ3n) is 3.31. The van der Waals surface area contributed by atoms with Gasteiger partial charge in [0, 0.05) is 19.5 Å². The minimum Gasteiger partial charge on any atom is -0.356 e. The maximum Gasteiger partial charge on any atom is 0.240 e. The molecule has 0 aromatic heterocycles. The summed E-state index contributed by atoms with van der Waals surface area (Å²) in [6.07, 6.45) is 0.0873. The van der Waals surface area contributed by atoms with Crippen molar-refractivity contribution in [1.82, 2.24) is 10.2 Å². The summed E-state index contributed by atoms with van der Waals surface area (Å²) >= 11 is 0. The predicted octanol–water partition coefficient (Wildman–Crippen LogP) is 1.70. The summed E-state index contributed by atoms with van der Waals surface area (Å²) in [6.45, 7) is 4.37. The first kappa shape index (κ1) is 11.6. The Kier molecular flexibility index (Phi) is 3.61. The Morgan fingerprint density at radius 2 is 2.31 bits per heavy atom. The van der Waals surface area contributed by atoms with Crippen LogP contribution in [0.1, 0.15) is 26.2 Å². The number of guanidine groups is 1. The molecule has 0 bridgehead atoms. The molecule has 2 aliphatic heterocycles. The molecule has 2 unspecified atom stereocenters. The largest absolute Gasteiger partial charge is 0.356 e. The highest BCUT2D eigenvalue weighted by molar-refractivity contribution is 5.82. The van der Waals surface area contributed by atoms with Gasteiger partial charge in [-0.15, -0.1) is 0 Å². The highest BCUT2D eigenvalue weighted by atomic mass is 19.3. The van der Waals surface area contributed by atoms with Crippen molar-refractivity contribution in [2.24, 2.45) is 10.9 Å². The number of nitrogens with zero attached hydrogens (tertiary/aromatic N) is 2. The van der Waals surface area contributed by atoms with Crippen LogP contribution in [0, 0.1) is 5.92 Å². The summed E-state index contributed by atoms with van der Waals surface area (Å²) in [5.41, 5.74) is 0. The van der Waals surface area contributed by atoms with Gasteiger partial charge in [0.25, 0.3) is 0 Å². The Bertz CT molecular complexity index is 268. The highest BCUT2D eigenvalue weighted by Gasteiger charge is 2.32. The molecular formula is C11H19F2N3. The molecule has 0 aliphatic carbocycles. The van der Waals surface area contributed by atoms with Crippen LogP contribution in [-0.2, 0) is 0 Å². The van der Waals surface area contributed by atoms with Crippen molar-refractivity contribution in [3.8, 4) is 0 Å². The van der Waals surface area contributed by atoms with Gasteiger partial charge in [-0.25, -0.2) is 8.78 Å². The summed E-state index contributed by atoms with van der Waals surface area (Å²) in [7, 11) is 0. The first-order chi connectivity index (χ1) is 7.66. The number of piperidine rings is 1. The first-order valence-electron chi connectivity index (χ1n) is 6.00. The second-order valence-electron chi connectivity index (χ2n) is 4.76. The minimum atomic E-state index is -2.23. The van der Waals surface area contributed by atoms with Crippen LogP contribution in [0.2, 0.25) is 0 Å². The number of rotatable bonds is 3. The van der Waals surface area contributed by atoms with Gasteiger partial charge in [-0.05, 0) is 18.8 Å². The van der Waals surface area contributed by atoms with Gasteiger partial charge in [-0.3, -0.25) is 4.99 Å². The predicted molar refractivity (Wildman–Crippen MR) is 59.8 cm³/mol. The van der Waals surface area contributed by atoms with E-state index < -0.39 is 6.43 Å². The van der Waals surface area contributed by atoms with Crippen LogP contribution in [0.25, 0.3) is 0 Å². The molecule has 0 amide bonds. The lowest BCUT2D eigenvalue weighted by Gasteiger charge is -2.35. The van der Waals surface area contributed by atoms with Crippen LogP contribution in [0.15, 0.2) is 4.99 Å². The van der Waals surface area contributed by atoms with E-state index in [4.69, 9.17) is 0 Å². The minimum absolute atomic E-state index is 0.104. The molecule has 0 aromatic carbocycles. The van der Waals surface area contributed by atoms with E-state index in [1.165, 1.54) is 12.8 Å². The molecule has 1 fully saturated rings. The number of halogens is 2. The standard InChI is InChI=1S/C11H19F2N3/c1-8-2-3-9-6-15-11(16(9)7-8)14-5-4-10(12)13/h8-10H,2-7H2,1H3,(H,14,15). The molecular weight excluding hydrogens is 212 g/mol. The van der Waals surface area contributed by atoms with Gasteiger partial charge in [0.15, 0.2) is 5.96 Å². The third-order valence-corrected chi connectivity index (χ3v) is 3.31. The lowest BCUT2D eigenvalue weighted by Crippen LogP contribution is -2.48. The Hall–Kier alpha value is -0.870. The van der Waals surface area contributed by atoms with E-state index in [0.29, 0.717) is 18.5 Å². The van der Waals surface area contributed by atoms with E-state index >= 15 is 0 Å². The second kappa shape index (κ2) is 4.97. The quantitative estimate of drug-likeness (QED) is 0.800. The summed E-state index contributed by atoms with van der Waals surface area (Å²) in [4.78, 5) is 6.65. The summed E-state index contributed by atoms with van der Waals surface area (Å²) < 4.78 is 24.0. The smallest absolute Gasteiger partial charge is 0.240 e. The highest BCUT2D eigenvalue weighted by Crippen LogP contribution is 2.25. The van der Waals surface area contributed by atoms with Crippen LogP contribution < -0.4 is 5.32 Å². The number of hydrogen-bond donors (Lipinski definition) is 1. The molecule has 0 spiro atoms. The van der Waals surface area contributed by atoms with Crippen molar-refractivity contribution in [1.29, 1.82) is 0 Å². The number of nitrogens with one attached hydrogen (secondary N) is 1. The SMILES string of the molecule is CC1CCC2CN=C(NCCC(F)F)N2C1. The van der Waals surface area contributed by atoms with Crippen molar-refractivity contribution in [3.63, 3.8) is 0 Å². The van der Waals surface area contributed by atoms with E-state index in [2.05, 4.69) is 22.1 Å². The lowest BCUT2D eigenvalue weighted by atomic mass is 9.95. The second-order valence-corrected chi connectivity index (χ2v) is 4.76. The average molecular weight is 231 g/mol. The van der Waals surface area contributed by atoms with Gasteiger partial charge in [-0.1, -0.05) is 6.92 Å². The number of hydrogen-bond acceptors (Lipinski definition) is 3. The van der Waals surface area contributed by atoms with E-state index in [1.807, 2.05) is 0 Å². The maximum absolute atomic E-state index is 12.0. The zero-order valence-corrected chi connectivity index (χ0v) is 9.63. The lowest BCUT2D eigenvalue weighted by molar-refractivity contribution is 0.138. The monoisotopic (exact) mass is 231 g/mol. The topological polar surface area (TPSA) is 27.6 Å². The van der Waals surface area contributed by atoms with Crippen molar-refractivity contribution >= 4 is 5.96 Å². The summed E-state index contributed by atoms with van der Waals surface area (Å²) in [6, 6.07) is 0.505. The molecule has 2 rings (SSSR count). The molecule has 1 saturated heterocycles. The molecule has 1 N–H and O–H groups in total. The Morgan fingerprint density at radius 1 is 1.50 bits per heavy atom. The van der Waals surface area contributed by atoms with Gasteiger partial charge >= 0.3 is 0 Å². The molecule has 2 heterocycles. The van der Waals surface area contributed by atoms with E-state index in [1.54, 1.807) is 0 Å². The molecule has 2 aliphatic rings. The molecule has 0 radical (unpaired) electrons. The Morgan fingerprint density at radius 3 is 3.06 bits per heavy atom. The molecule has 16 heavy (non-hydrogen) atoms. The van der Waals surface area contributed by atoms with Crippen molar-refractivity contribution < 1.29 is 8.78 Å². The molecule has 0 aromatic rings. The Balaban J connectivity index is 1.81. The summed E-state index contributed by atoms with van der Waals surface area (Å²) in [5.74, 6) is 1.51. The fourth-order valence-electron chi connectivity index (χ4n) is 2.39. The fraction of sp³-hybridized carbons (Fsp3) is 0.909. The zero-order chi connectivity index (χ0) is 11.5. The molecule has 2 atom stereocenters. The van der Waals surface area contributed by atoms with E-state index in [-0.39, 0.29) is 6.42 Å². The van der Waals surface area contributed by atoms with Crippen LogP contribution >= 0.6 is 0 Å². The van der Waals surface area contributed by atoms with Gasteiger partial charge < -0.3 is 10.2 Å². The molecule has 0 saturated carbocycles. The van der Waals surface area contributed by atoms with Crippen LogP contribution in [0.3, 0.4) is 0 Å². The maximum atomic E-state index is 12.0. The molecule has 3 nitrogen and oxygen atoms in total. The van der Waals surface area contributed by atoms with Gasteiger partial charge in [0.1, 0.15) is 0 Å². The van der Waals surface area contributed by atoms with Crippen molar-refractivity contribution in [3.05, 3.63) is 0 Å². The normalized spacial score (nSPS) is 29.2. The van der Waals surface area contributed by atoms with Crippen LogP contribution in [-0.4, -0.2) is 43.0 Å². The van der Waals surface area contributed by atoms with E-state index in [9.17, 15) is 8.78 Å². The van der Waals surface area contributed by atoms with Crippen molar-refractivity contribution in [2.45, 2.75) is 38.7 Å².